The third kappa shape index (κ3) is 2.91. The van der Waals surface area contributed by atoms with Gasteiger partial charge in [0.2, 0.25) is 15.9 Å². The number of anilines is 1. The third-order valence-corrected chi connectivity index (χ3v) is 5.73. The lowest BCUT2D eigenvalue weighted by Crippen LogP contribution is -2.38. The second kappa shape index (κ2) is 5.24. The number of amides is 1. The van der Waals surface area contributed by atoms with Crippen molar-refractivity contribution in [2.45, 2.75) is 30.3 Å². The number of halogens is 1. The molecule has 0 aromatic heterocycles. The largest absolute Gasteiger partial charge is 0.393 e. The van der Waals surface area contributed by atoms with E-state index in [1.807, 2.05) is 0 Å². The van der Waals surface area contributed by atoms with Crippen LogP contribution in [-0.4, -0.2) is 32.1 Å². The lowest BCUT2D eigenvalue weighted by Gasteiger charge is -2.31. The maximum atomic E-state index is 12.3. The highest BCUT2D eigenvalue weighted by molar-refractivity contribution is 7.89. The van der Waals surface area contributed by atoms with E-state index in [9.17, 15) is 18.3 Å². The molecule has 6 nitrogen and oxygen atoms in total. The van der Waals surface area contributed by atoms with Crippen LogP contribution in [0.4, 0.5) is 5.69 Å². The number of aliphatic hydroxyl groups is 1. The van der Waals surface area contributed by atoms with Gasteiger partial charge >= 0.3 is 0 Å². The van der Waals surface area contributed by atoms with Gasteiger partial charge in [-0.25, -0.2) is 13.1 Å². The fourth-order valence-electron chi connectivity index (χ4n) is 2.60. The Labute approximate surface area is 127 Å². The van der Waals surface area contributed by atoms with Crippen LogP contribution >= 0.6 is 11.6 Å². The number of sulfonamides is 1. The van der Waals surface area contributed by atoms with Gasteiger partial charge in [-0.05, 0) is 36.5 Å². The molecule has 2 aliphatic rings. The lowest BCUT2D eigenvalue weighted by molar-refractivity contribution is -0.115. The average molecular weight is 331 g/mol. The minimum absolute atomic E-state index is 0.0145. The number of carbonyl (C=O) groups is 1. The van der Waals surface area contributed by atoms with Crippen molar-refractivity contribution in [1.29, 1.82) is 0 Å². The molecule has 1 saturated carbocycles. The minimum Gasteiger partial charge on any atom is -0.393 e. The van der Waals surface area contributed by atoms with Crippen molar-refractivity contribution >= 4 is 33.2 Å². The van der Waals surface area contributed by atoms with Crippen molar-refractivity contribution in [3.05, 3.63) is 22.7 Å². The highest BCUT2D eigenvalue weighted by Gasteiger charge is 2.30. The molecule has 0 saturated heterocycles. The van der Waals surface area contributed by atoms with Crippen LogP contribution in [0.2, 0.25) is 5.02 Å². The molecule has 1 aliphatic carbocycles. The van der Waals surface area contributed by atoms with E-state index < -0.39 is 10.0 Å². The van der Waals surface area contributed by atoms with E-state index in [1.165, 1.54) is 12.1 Å². The zero-order valence-corrected chi connectivity index (χ0v) is 12.7. The summed E-state index contributed by atoms with van der Waals surface area (Å²) in [4.78, 5) is 11.3. The first kappa shape index (κ1) is 14.8. The van der Waals surface area contributed by atoms with Crippen molar-refractivity contribution in [3.63, 3.8) is 0 Å². The Morgan fingerprint density at radius 2 is 2.10 bits per heavy atom. The molecule has 1 aliphatic heterocycles. The molecule has 21 heavy (non-hydrogen) atoms. The summed E-state index contributed by atoms with van der Waals surface area (Å²) in [6.07, 6.45) is 1.06. The molecular weight excluding hydrogens is 316 g/mol. The van der Waals surface area contributed by atoms with Gasteiger partial charge < -0.3 is 10.4 Å². The minimum atomic E-state index is -3.72. The number of benzene rings is 1. The molecule has 3 N–H and O–H groups in total. The van der Waals surface area contributed by atoms with Gasteiger partial charge in [0.25, 0.3) is 0 Å². The van der Waals surface area contributed by atoms with Gasteiger partial charge in [-0.15, -0.1) is 0 Å². The number of carbonyl (C=O) groups excluding carboxylic acids is 1. The lowest BCUT2D eigenvalue weighted by atomic mass is 9.83. The fraction of sp³-hybridized carbons (Fsp3) is 0.462. The molecule has 3 rings (SSSR count). The normalized spacial score (nSPS) is 24.4. The first-order chi connectivity index (χ1) is 9.85. The number of hydrogen-bond acceptors (Lipinski definition) is 4. The van der Waals surface area contributed by atoms with E-state index in [1.54, 1.807) is 0 Å². The maximum absolute atomic E-state index is 12.3. The van der Waals surface area contributed by atoms with Crippen molar-refractivity contribution in [2.75, 3.05) is 11.9 Å². The van der Waals surface area contributed by atoms with Crippen molar-refractivity contribution in [2.24, 2.45) is 5.92 Å². The Balaban J connectivity index is 1.79. The standard InChI is InChI=1S/C13H15ClN2O4S/c14-10-5-11-8(4-13(18)16-11)3-12(10)21(19,20)15-6-7-1-9(17)2-7/h3,5,7,9,15,17H,1-2,4,6H2,(H,16,18). The molecule has 0 radical (unpaired) electrons. The number of hydrogen-bond donors (Lipinski definition) is 3. The number of aliphatic hydroxyl groups excluding tert-OH is 1. The van der Waals surface area contributed by atoms with Crippen LogP contribution in [0.5, 0.6) is 0 Å². The zero-order chi connectivity index (χ0) is 15.2. The predicted molar refractivity (Wildman–Crippen MR) is 77.7 cm³/mol. The van der Waals surface area contributed by atoms with Crippen LogP contribution in [-0.2, 0) is 21.2 Å². The van der Waals surface area contributed by atoms with Crippen LogP contribution in [0.25, 0.3) is 0 Å². The van der Waals surface area contributed by atoms with Gasteiger partial charge in [0.1, 0.15) is 4.90 Å². The van der Waals surface area contributed by atoms with Gasteiger partial charge in [0, 0.05) is 12.2 Å². The Kier molecular flexibility index (Phi) is 3.69. The first-order valence-corrected chi connectivity index (χ1v) is 8.51. The number of rotatable bonds is 4. The molecule has 0 unspecified atom stereocenters. The first-order valence-electron chi connectivity index (χ1n) is 6.65. The van der Waals surface area contributed by atoms with Gasteiger partial charge in [-0.2, -0.15) is 0 Å². The molecule has 0 atom stereocenters. The number of nitrogens with one attached hydrogen (secondary N) is 2. The van der Waals surface area contributed by atoms with Crippen molar-refractivity contribution < 1.29 is 18.3 Å². The summed E-state index contributed by atoms with van der Waals surface area (Å²) in [6.45, 7) is 0.282. The van der Waals surface area contributed by atoms with E-state index in [-0.39, 0.29) is 40.8 Å². The zero-order valence-electron chi connectivity index (χ0n) is 11.1. The van der Waals surface area contributed by atoms with E-state index in [0.717, 1.165) is 0 Å². The molecule has 1 amide bonds. The summed E-state index contributed by atoms with van der Waals surface area (Å²) in [5.41, 5.74) is 1.19. The van der Waals surface area contributed by atoms with Gasteiger partial charge in [-0.1, -0.05) is 11.6 Å². The van der Waals surface area contributed by atoms with E-state index in [4.69, 9.17) is 11.6 Å². The van der Waals surface area contributed by atoms with Crippen LogP contribution in [0.15, 0.2) is 17.0 Å². The van der Waals surface area contributed by atoms with Gasteiger partial charge in [0.05, 0.1) is 17.5 Å². The molecule has 1 fully saturated rings. The second-order valence-electron chi connectivity index (χ2n) is 5.51. The van der Waals surface area contributed by atoms with E-state index in [2.05, 4.69) is 10.0 Å². The van der Waals surface area contributed by atoms with Gasteiger partial charge in [-0.3, -0.25) is 4.79 Å². The molecule has 114 valence electrons. The summed E-state index contributed by atoms with van der Waals surface area (Å²) in [7, 11) is -3.72. The molecule has 8 heteroatoms. The highest BCUT2D eigenvalue weighted by Crippen LogP contribution is 2.32. The average Bonchev–Trinajstić information content (AvgIpc) is 2.71. The molecular formula is C13H15ClN2O4S. The van der Waals surface area contributed by atoms with Crippen LogP contribution in [0, 0.1) is 5.92 Å². The summed E-state index contributed by atoms with van der Waals surface area (Å²) >= 11 is 6.02. The SMILES string of the molecule is O=C1Cc2cc(S(=O)(=O)NCC3CC(O)C3)c(Cl)cc2N1. The molecule has 0 bridgehead atoms. The Bertz CT molecular complexity index is 698. The fourth-order valence-corrected chi connectivity index (χ4v) is 4.30. The van der Waals surface area contributed by atoms with E-state index >= 15 is 0 Å². The summed E-state index contributed by atoms with van der Waals surface area (Å²) in [6, 6.07) is 2.90. The van der Waals surface area contributed by atoms with Crippen LogP contribution < -0.4 is 10.0 Å². The molecule has 1 aromatic rings. The maximum Gasteiger partial charge on any atom is 0.242 e. The Morgan fingerprint density at radius 1 is 1.38 bits per heavy atom. The van der Waals surface area contributed by atoms with Crippen LogP contribution in [0.3, 0.4) is 0 Å². The predicted octanol–water partition coefficient (Wildman–Crippen LogP) is 0.884. The highest BCUT2D eigenvalue weighted by atomic mass is 35.5. The summed E-state index contributed by atoms with van der Waals surface area (Å²) in [5.74, 6) is -0.0155. The Morgan fingerprint density at radius 3 is 2.76 bits per heavy atom. The Hall–Kier alpha value is -1.15. The third-order valence-electron chi connectivity index (χ3n) is 3.85. The summed E-state index contributed by atoms with van der Waals surface area (Å²) < 4.78 is 27.1. The smallest absolute Gasteiger partial charge is 0.242 e. The van der Waals surface area contributed by atoms with Crippen LogP contribution in [0.1, 0.15) is 18.4 Å². The van der Waals surface area contributed by atoms with Crippen molar-refractivity contribution in [1.82, 2.24) is 4.72 Å². The molecule has 0 spiro atoms. The topological polar surface area (TPSA) is 95.5 Å². The quantitative estimate of drug-likeness (QED) is 0.763. The number of fused-ring (bicyclic) bond motifs is 1. The molecule has 1 aromatic carbocycles. The van der Waals surface area contributed by atoms with E-state index in [0.29, 0.717) is 24.1 Å². The van der Waals surface area contributed by atoms with Crippen molar-refractivity contribution in [3.8, 4) is 0 Å². The molecule has 1 heterocycles. The van der Waals surface area contributed by atoms with Gasteiger partial charge in [0.15, 0.2) is 0 Å². The second-order valence-corrected chi connectivity index (χ2v) is 7.65. The summed E-state index contributed by atoms with van der Waals surface area (Å²) in [5, 5.41) is 11.9. The monoisotopic (exact) mass is 330 g/mol.